The Morgan fingerprint density at radius 1 is 1.25 bits per heavy atom. The fourth-order valence-electron chi connectivity index (χ4n) is 2.69. The number of nitrogens with one attached hydrogen (secondary N) is 2. The summed E-state index contributed by atoms with van der Waals surface area (Å²) in [5.41, 5.74) is 3.19. The van der Waals surface area contributed by atoms with E-state index < -0.39 is 5.60 Å². The second-order valence-electron chi connectivity index (χ2n) is 8.32. The Kier molecular flexibility index (Phi) is 5.23. The molecule has 0 aliphatic rings. The van der Waals surface area contributed by atoms with Crippen molar-refractivity contribution in [3.05, 3.63) is 35.5 Å². The number of aromatic amines is 1. The van der Waals surface area contributed by atoms with E-state index in [0.29, 0.717) is 6.54 Å². The number of hydrogen-bond acceptors (Lipinski definition) is 2. The molecule has 0 spiro atoms. The van der Waals surface area contributed by atoms with Crippen molar-refractivity contribution in [2.24, 2.45) is 0 Å². The molecule has 2 N–H and O–H groups in total. The van der Waals surface area contributed by atoms with Crippen molar-refractivity contribution in [1.29, 1.82) is 0 Å². The zero-order valence-electron chi connectivity index (χ0n) is 15.7. The molecule has 0 radical (unpaired) electrons. The fraction of sp³-hybridized carbons (Fsp3) is 0.526. The van der Waals surface area contributed by atoms with Crippen molar-refractivity contribution >= 4 is 17.0 Å². The van der Waals surface area contributed by atoms with Crippen LogP contribution in [-0.2, 0) is 17.7 Å². The summed E-state index contributed by atoms with van der Waals surface area (Å²) in [6, 6.07) is 6.55. The Balaban J connectivity index is 2.01. The Bertz CT molecular complexity index is 705. The third-order valence-electron chi connectivity index (χ3n) is 3.55. The van der Waals surface area contributed by atoms with Crippen LogP contribution < -0.4 is 5.32 Å². The highest BCUT2D eigenvalue weighted by Crippen LogP contribution is 2.21. The van der Waals surface area contributed by atoms with Crippen molar-refractivity contribution in [2.45, 2.75) is 39.3 Å². The van der Waals surface area contributed by atoms with Gasteiger partial charge in [0.05, 0.1) is 21.1 Å². The largest absolute Gasteiger partial charge is 0.444 e. The lowest BCUT2D eigenvalue weighted by Gasteiger charge is -2.23. The molecular formula is C19H30N3O2+. The zero-order valence-corrected chi connectivity index (χ0v) is 15.7. The van der Waals surface area contributed by atoms with Gasteiger partial charge in [-0.05, 0) is 44.9 Å². The second-order valence-corrected chi connectivity index (χ2v) is 8.32. The quantitative estimate of drug-likeness (QED) is 0.824. The van der Waals surface area contributed by atoms with Crippen LogP contribution in [0.25, 0.3) is 10.9 Å². The fourth-order valence-corrected chi connectivity index (χ4v) is 2.69. The first-order valence-corrected chi connectivity index (χ1v) is 8.40. The van der Waals surface area contributed by atoms with Crippen molar-refractivity contribution in [3.8, 4) is 0 Å². The number of ether oxygens (including phenoxy) is 1. The smallest absolute Gasteiger partial charge is 0.407 e. The topological polar surface area (TPSA) is 54.1 Å². The summed E-state index contributed by atoms with van der Waals surface area (Å²) in [4.78, 5) is 15.0. The molecule has 1 amide bonds. The van der Waals surface area contributed by atoms with Crippen LogP contribution in [-0.4, -0.2) is 48.8 Å². The van der Waals surface area contributed by atoms with Crippen LogP contribution in [0.1, 0.15) is 31.9 Å². The first-order chi connectivity index (χ1) is 11.0. The summed E-state index contributed by atoms with van der Waals surface area (Å²) in [5.74, 6) is 0. The standard InChI is InChI=1S/C19H29N3O2/c1-19(2,3)24-18(23)20-10-9-15-12-21-17-8-7-14(11-16(15)17)13-22(4,5)6/h7-8,11-12,21H,9-10,13H2,1-6H3/p+1. The molecule has 132 valence electrons. The van der Waals surface area contributed by atoms with E-state index in [0.717, 1.165) is 23.0 Å². The van der Waals surface area contributed by atoms with E-state index in [4.69, 9.17) is 4.74 Å². The molecular weight excluding hydrogens is 302 g/mol. The van der Waals surface area contributed by atoms with E-state index in [-0.39, 0.29) is 6.09 Å². The number of rotatable bonds is 5. The number of carbonyl (C=O) groups is 1. The third-order valence-corrected chi connectivity index (χ3v) is 3.55. The normalized spacial score (nSPS) is 12.4. The number of nitrogens with zero attached hydrogens (tertiary/aromatic N) is 1. The highest BCUT2D eigenvalue weighted by atomic mass is 16.6. The van der Waals surface area contributed by atoms with Gasteiger partial charge in [-0.25, -0.2) is 4.79 Å². The average molecular weight is 332 g/mol. The Morgan fingerprint density at radius 2 is 1.96 bits per heavy atom. The number of aromatic nitrogens is 1. The number of hydrogen-bond donors (Lipinski definition) is 2. The summed E-state index contributed by atoms with van der Waals surface area (Å²) in [6.45, 7) is 7.13. The number of benzene rings is 1. The summed E-state index contributed by atoms with van der Waals surface area (Å²) in [6.07, 6.45) is 2.43. The van der Waals surface area contributed by atoms with Crippen molar-refractivity contribution in [1.82, 2.24) is 10.3 Å². The van der Waals surface area contributed by atoms with Gasteiger partial charge in [-0.15, -0.1) is 0 Å². The second kappa shape index (κ2) is 6.85. The average Bonchev–Trinajstić information content (AvgIpc) is 2.77. The Hall–Kier alpha value is -2.01. The van der Waals surface area contributed by atoms with Gasteiger partial charge in [0.15, 0.2) is 0 Å². The third kappa shape index (κ3) is 5.57. The molecule has 1 aromatic heterocycles. The number of fused-ring (bicyclic) bond motifs is 1. The molecule has 0 aliphatic heterocycles. The molecule has 24 heavy (non-hydrogen) atoms. The van der Waals surface area contributed by atoms with Gasteiger partial charge >= 0.3 is 6.09 Å². The van der Waals surface area contributed by atoms with Gasteiger partial charge in [-0.2, -0.15) is 0 Å². The summed E-state index contributed by atoms with van der Waals surface area (Å²) >= 11 is 0. The first kappa shape index (κ1) is 18.3. The molecule has 1 heterocycles. The molecule has 5 nitrogen and oxygen atoms in total. The predicted molar refractivity (Wildman–Crippen MR) is 98.0 cm³/mol. The molecule has 2 rings (SSSR count). The Morgan fingerprint density at radius 3 is 2.58 bits per heavy atom. The van der Waals surface area contributed by atoms with Gasteiger partial charge in [-0.1, -0.05) is 6.07 Å². The van der Waals surface area contributed by atoms with Crippen molar-refractivity contribution in [3.63, 3.8) is 0 Å². The van der Waals surface area contributed by atoms with Gasteiger partial charge in [0.2, 0.25) is 0 Å². The SMILES string of the molecule is CC(C)(C)OC(=O)NCCc1c[nH]c2ccc(C[N+](C)(C)C)cc12. The maximum absolute atomic E-state index is 11.7. The highest BCUT2D eigenvalue weighted by Gasteiger charge is 2.16. The molecule has 0 fully saturated rings. The van der Waals surface area contributed by atoms with Gasteiger partial charge in [0.25, 0.3) is 0 Å². The maximum Gasteiger partial charge on any atom is 0.407 e. The van der Waals surface area contributed by atoms with Gasteiger partial charge in [-0.3, -0.25) is 0 Å². The Labute approximate surface area is 144 Å². The van der Waals surface area contributed by atoms with Crippen molar-refractivity contribution in [2.75, 3.05) is 27.7 Å². The highest BCUT2D eigenvalue weighted by molar-refractivity contribution is 5.84. The summed E-state index contributed by atoms with van der Waals surface area (Å²) in [7, 11) is 6.56. The lowest BCUT2D eigenvalue weighted by molar-refractivity contribution is -0.883. The number of alkyl carbamates (subject to hydrolysis) is 1. The van der Waals surface area contributed by atoms with Gasteiger partial charge < -0.3 is 19.5 Å². The molecule has 0 bridgehead atoms. The predicted octanol–water partition coefficient (Wildman–Crippen LogP) is 3.44. The number of amides is 1. The van der Waals surface area contributed by atoms with E-state index in [9.17, 15) is 4.79 Å². The minimum atomic E-state index is -0.467. The lowest BCUT2D eigenvalue weighted by Crippen LogP contribution is -2.33. The van der Waals surface area contributed by atoms with Crippen LogP contribution in [0, 0.1) is 0 Å². The van der Waals surface area contributed by atoms with Crippen LogP contribution in [0.3, 0.4) is 0 Å². The number of quaternary nitrogens is 1. The molecule has 0 aliphatic carbocycles. The monoisotopic (exact) mass is 332 g/mol. The van der Waals surface area contributed by atoms with Crippen molar-refractivity contribution < 1.29 is 14.0 Å². The molecule has 0 saturated heterocycles. The molecule has 2 aromatic rings. The summed E-state index contributed by atoms with van der Waals surface area (Å²) in [5, 5.41) is 4.05. The molecule has 0 unspecified atom stereocenters. The molecule has 0 saturated carbocycles. The van der Waals surface area contributed by atoms with Gasteiger partial charge in [0.1, 0.15) is 12.1 Å². The van der Waals surface area contributed by atoms with Crippen LogP contribution in [0.15, 0.2) is 24.4 Å². The number of carbonyl (C=O) groups excluding carboxylic acids is 1. The lowest BCUT2D eigenvalue weighted by atomic mass is 10.1. The first-order valence-electron chi connectivity index (χ1n) is 8.40. The van der Waals surface area contributed by atoms with Crippen LogP contribution >= 0.6 is 0 Å². The van der Waals surface area contributed by atoms with Crippen LogP contribution in [0.5, 0.6) is 0 Å². The minimum Gasteiger partial charge on any atom is -0.444 e. The summed E-state index contributed by atoms with van der Waals surface area (Å²) < 4.78 is 6.15. The molecule has 5 heteroatoms. The van der Waals surface area contributed by atoms with Crippen LogP contribution in [0.4, 0.5) is 4.79 Å². The van der Waals surface area contributed by atoms with E-state index in [1.807, 2.05) is 27.0 Å². The molecule has 0 atom stereocenters. The van der Waals surface area contributed by atoms with Crippen LogP contribution in [0.2, 0.25) is 0 Å². The maximum atomic E-state index is 11.7. The van der Waals surface area contributed by atoms with E-state index in [2.05, 4.69) is 49.6 Å². The minimum absolute atomic E-state index is 0.368. The van der Waals surface area contributed by atoms with Gasteiger partial charge in [0, 0.05) is 29.2 Å². The van der Waals surface area contributed by atoms with E-state index >= 15 is 0 Å². The number of H-pyrrole nitrogens is 1. The molecule has 1 aromatic carbocycles. The zero-order chi connectivity index (χ0) is 18.0. The van der Waals surface area contributed by atoms with E-state index in [1.165, 1.54) is 16.5 Å². The van der Waals surface area contributed by atoms with E-state index in [1.54, 1.807) is 0 Å².